The molecule has 0 rings (SSSR count). The quantitative estimate of drug-likeness (QED) is 0.0281. The van der Waals surface area contributed by atoms with Gasteiger partial charge in [0.1, 0.15) is 6.61 Å². The van der Waals surface area contributed by atoms with Crippen molar-refractivity contribution in [1.29, 1.82) is 0 Å². The molecule has 0 amide bonds. The molecule has 0 aromatic rings. The third kappa shape index (κ3) is 47.6. The number of unbranched alkanes of at least 4 members (excludes halogenated alkanes) is 21. The molecular formula is C60H104NO7+. The number of hydrogen-bond donors (Lipinski definition) is 1. The zero-order chi connectivity index (χ0) is 49.9. The molecule has 0 heterocycles. The number of ether oxygens (including phenoxy) is 3. The maximum absolute atomic E-state index is 12.8. The predicted octanol–water partition coefficient (Wildman–Crippen LogP) is 16.4. The molecule has 390 valence electrons. The Bertz CT molecular complexity index is 1380. The van der Waals surface area contributed by atoms with Gasteiger partial charge in [-0.3, -0.25) is 9.59 Å². The van der Waals surface area contributed by atoms with Gasteiger partial charge in [0.15, 0.2) is 12.1 Å². The van der Waals surface area contributed by atoms with Crippen LogP contribution in [0, 0.1) is 0 Å². The molecule has 1 N–H and O–H groups in total. The Morgan fingerprint density at radius 1 is 0.456 bits per heavy atom. The molecule has 0 fully saturated rings. The van der Waals surface area contributed by atoms with E-state index in [9.17, 15) is 19.5 Å². The monoisotopic (exact) mass is 951 g/mol. The summed E-state index contributed by atoms with van der Waals surface area (Å²) >= 11 is 0. The van der Waals surface area contributed by atoms with Crippen LogP contribution in [0.2, 0.25) is 0 Å². The molecule has 0 saturated carbocycles. The summed E-state index contributed by atoms with van der Waals surface area (Å²) in [6.45, 7) is 4.61. The van der Waals surface area contributed by atoms with Crippen molar-refractivity contribution in [1.82, 2.24) is 0 Å². The summed E-state index contributed by atoms with van der Waals surface area (Å²) in [5, 5.41) is 9.67. The van der Waals surface area contributed by atoms with Crippen molar-refractivity contribution < 1.29 is 38.2 Å². The molecule has 0 aliphatic rings. The Morgan fingerprint density at radius 2 is 0.824 bits per heavy atom. The number of carboxylic acid groups (broad SMARTS) is 1. The van der Waals surface area contributed by atoms with E-state index in [-0.39, 0.29) is 36.2 Å². The lowest BCUT2D eigenvalue weighted by atomic mass is 10.1. The lowest BCUT2D eigenvalue weighted by molar-refractivity contribution is -0.887. The number of nitrogens with zero attached hydrogens (tertiary/aromatic N) is 1. The second-order valence-corrected chi connectivity index (χ2v) is 19.5. The highest BCUT2D eigenvalue weighted by molar-refractivity contribution is 5.72. The number of allylic oxidation sites excluding steroid dienone is 14. The van der Waals surface area contributed by atoms with Gasteiger partial charge in [-0.25, -0.2) is 4.79 Å². The third-order valence-corrected chi connectivity index (χ3v) is 12.0. The average molecular weight is 951 g/mol. The smallest absolute Gasteiger partial charge is 0.362 e. The first kappa shape index (κ1) is 64.5. The molecule has 8 nitrogen and oxygen atoms in total. The number of carbonyl (C=O) groups excluding carboxylic acids is 2. The zero-order valence-corrected chi connectivity index (χ0v) is 44.5. The van der Waals surface area contributed by atoms with Crippen LogP contribution in [0.1, 0.15) is 226 Å². The molecule has 0 aliphatic carbocycles. The van der Waals surface area contributed by atoms with Crippen molar-refractivity contribution in [3.05, 3.63) is 85.1 Å². The highest BCUT2D eigenvalue weighted by Gasteiger charge is 2.31. The van der Waals surface area contributed by atoms with Crippen molar-refractivity contribution in [2.75, 3.05) is 41.0 Å². The van der Waals surface area contributed by atoms with Gasteiger partial charge in [-0.05, 0) is 89.9 Å². The molecule has 0 aromatic heterocycles. The molecule has 0 bridgehead atoms. The van der Waals surface area contributed by atoms with Crippen molar-refractivity contribution in [2.24, 2.45) is 0 Å². The van der Waals surface area contributed by atoms with Crippen LogP contribution >= 0.6 is 0 Å². The summed E-state index contributed by atoms with van der Waals surface area (Å²) in [4.78, 5) is 37.2. The van der Waals surface area contributed by atoms with Crippen LogP contribution in [0.15, 0.2) is 85.1 Å². The van der Waals surface area contributed by atoms with E-state index in [1.54, 1.807) is 0 Å². The lowest BCUT2D eigenvalue weighted by Gasteiger charge is -2.31. The summed E-state index contributed by atoms with van der Waals surface area (Å²) in [6, 6.07) is -0.625. The largest absolute Gasteiger partial charge is 0.477 e. The van der Waals surface area contributed by atoms with Crippen molar-refractivity contribution in [3.8, 4) is 0 Å². The van der Waals surface area contributed by atoms with E-state index >= 15 is 0 Å². The normalized spacial score (nSPS) is 13.5. The maximum Gasteiger partial charge on any atom is 0.362 e. The number of rotatable bonds is 49. The maximum atomic E-state index is 12.8. The minimum absolute atomic E-state index is 0.0472. The van der Waals surface area contributed by atoms with Crippen molar-refractivity contribution in [2.45, 2.75) is 238 Å². The molecule has 0 spiro atoms. The SMILES string of the molecule is CC/C=C/C/C=C/C/C=C/C/C=C/C/C=C/C/C=C/CCCCCCC(=O)OCC(COCCC(C(=O)O)[N+](C)(C)C)OC(=O)CCCCCCCCC/C=C/CCCCCCCCCCCC. The number of esters is 2. The molecule has 2 unspecified atom stereocenters. The van der Waals surface area contributed by atoms with Crippen LogP contribution in [0.3, 0.4) is 0 Å². The number of carboxylic acids is 1. The number of hydrogen-bond acceptors (Lipinski definition) is 6. The van der Waals surface area contributed by atoms with Gasteiger partial charge in [0.2, 0.25) is 0 Å². The number of quaternary nitrogens is 1. The van der Waals surface area contributed by atoms with Gasteiger partial charge in [0.25, 0.3) is 0 Å². The summed E-state index contributed by atoms with van der Waals surface area (Å²) < 4.78 is 17.4. The molecule has 0 aromatic carbocycles. The minimum Gasteiger partial charge on any atom is -0.477 e. The predicted molar refractivity (Wildman–Crippen MR) is 289 cm³/mol. The first-order valence-electron chi connectivity index (χ1n) is 27.6. The van der Waals surface area contributed by atoms with Crippen LogP contribution in [-0.4, -0.2) is 80.6 Å². The Labute approximate surface area is 418 Å². The van der Waals surface area contributed by atoms with Gasteiger partial charge in [0, 0.05) is 19.3 Å². The van der Waals surface area contributed by atoms with E-state index in [2.05, 4.69) is 98.9 Å². The fraction of sp³-hybridized carbons (Fsp3) is 0.717. The lowest BCUT2D eigenvalue weighted by Crippen LogP contribution is -2.50. The third-order valence-electron chi connectivity index (χ3n) is 12.0. The van der Waals surface area contributed by atoms with Gasteiger partial charge in [0.05, 0.1) is 34.4 Å². The molecule has 8 heteroatoms. The van der Waals surface area contributed by atoms with E-state index in [0.717, 1.165) is 89.9 Å². The molecule has 68 heavy (non-hydrogen) atoms. The van der Waals surface area contributed by atoms with E-state index in [1.807, 2.05) is 21.1 Å². The van der Waals surface area contributed by atoms with Crippen molar-refractivity contribution in [3.63, 3.8) is 0 Å². The first-order valence-corrected chi connectivity index (χ1v) is 27.6. The van der Waals surface area contributed by atoms with Gasteiger partial charge >= 0.3 is 17.9 Å². The summed E-state index contributed by atoms with van der Waals surface area (Å²) in [5.74, 6) is -1.51. The topological polar surface area (TPSA) is 99.1 Å². The fourth-order valence-electron chi connectivity index (χ4n) is 7.80. The van der Waals surface area contributed by atoms with E-state index in [1.165, 1.54) is 103 Å². The van der Waals surface area contributed by atoms with Crippen LogP contribution in [0.4, 0.5) is 0 Å². The highest BCUT2D eigenvalue weighted by Crippen LogP contribution is 2.15. The highest BCUT2D eigenvalue weighted by atomic mass is 16.6. The zero-order valence-electron chi connectivity index (χ0n) is 44.5. The molecule has 2 atom stereocenters. The Hall–Kier alpha value is -3.49. The summed E-state index contributed by atoms with van der Waals surface area (Å²) in [7, 11) is 5.53. The minimum atomic E-state index is -0.881. The standard InChI is InChI=1S/C60H103NO7/c1-6-8-10-12-14-16-18-20-22-24-26-28-29-31-32-34-36-38-40-42-44-46-48-50-58(62)67-55-56(54-66-53-52-57(60(64)65)61(3,4)5)68-59(63)51-49-47-45-43-41-39-37-35-33-30-27-25-23-21-19-17-15-13-11-9-7-2/h8,10,14,16,20,22,26,28,30-33,36,38,56-57H,6-7,9,11-13,15,17-19,21,23-25,27,29,34-35,37,39-55H2,1-5H3/p+1/b10-8+,16-14+,22-20+,28-26+,32-31+,33-30+,38-36+. The molecule has 0 saturated heterocycles. The second-order valence-electron chi connectivity index (χ2n) is 19.5. The first-order chi connectivity index (χ1) is 33.1. The van der Waals surface area contributed by atoms with Gasteiger partial charge < -0.3 is 23.8 Å². The summed E-state index contributed by atoms with van der Waals surface area (Å²) in [5.41, 5.74) is 0. The average Bonchev–Trinajstić information content (AvgIpc) is 3.30. The van der Waals surface area contributed by atoms with Gasteiger partial charge in [-0.15, -0.1) is 0 Å². The van der Waals surface area contributed by atoms with Crippen LogP contribution in [-0.2, 0) is 28.6 Å². The number of carbonyl (C=O) groups is 3. The van der Waals surface area contributed by atoms with Crippen LogP contribution in [0.5, 0.6) is 0 Å². The van der Waals surface area contributed by atoms with Gasteiger partial charge in [-0.1, -0.05) is 202 Å². The Kier molecular flexibility index (Phi) is 47.4. The van der Waals surface area contributed by atoms with Crippen LogP contribution < -0.4 is 0 Å². The van der Waals surface area contributed by atoms with E-state index in [4.69, 9.17) is 14.2 Å². The number of likely N-dealkylation sites (N-methyl/N-ethyl adjacent to an activating group) is 1. The second kappa shape index (κ2) is 49.9. The molecule has 0 aliphatic heterocycles. The molecule has 0 radical (unpaired) electrons. The summed E-state index contributed by atoms with van der Waals surface area (Å²) in [6.07, 6.45) is 66.4. The Morgan fingerprint density at radius 3 is 1.24 bits per heavy atom. The van der Waals surface area contributed by atoms with E-state index in [0.29, 0.717) is 19.3 Å². The van der Waals surface area contributed by atoms with E-state index < -0.39 is 18.1 Å². The van der Waals surface area contributed by atoms with Crippen LogP contribution in [0.25, 0.3) is 0 Å². The molecular weight excluding hydrogens is 847 g/mol. The number of aliphatic carboxylic acids is 1. The van der Waals surface area contributed by atoms with Crippen molar-refractivity contribution >= 4 is 17.9 Å². The van der Waals surface area contributed by atoms with Gasteiger partial charge in [-0.2, -0.15) is 0 Å². The Balaban J connectivity index is 4.28. The fourth-order valence-corrected chi connectivity index (χ4v) is 7.80.